The van der Waals surface area contributed by atoms with Gasteiger partial charge in [0.05, 0.1) is 14.2 Å². The van der Waals surface area contributed by atoms with Gasteiger partial charge in [0.25, 0.3) is 0 Å². The molecule has 0 spiro atoms. The van der Waals surface area contributed by atoms with E-state index in [1.165, 1.54) is 0 Å². The number of hydrogen-bond donors (Lipinski definition) is 2. The van der Waals surface area contributed by atoms with Gasteiger partial charge in [0.2, 0.25) is 5.91 Å². The normalized spacial score (nSPS) is 17.3. The largest absolute Gasteiger partial charge is 0.493 e. The molecule has 2 unspecified atom stereocenters. The van der Waals surface area contributed by atoms with Crippen molar-refractivity contribution in [1.29, 1.82) is 0 Å². The molecule has 0 aromatic heterocycles. The number of carbonyl (C=O) groups is 1. The molecule has 1 aromatic carbocycles. The van der Waals surface area contributed by atoms with Crippen LogP contribution in [0, 0.1) is 11.8 Å². The van der Waals surface area contributed by atoms with E-state index in [4.69, 9.17) is 9.47 Å². The minimum Gasteiger partial charge on any atom is -0.493 e. The Kier molecular flexibility index (Phi) is 5.66. The van der Waals surface area contributed by atoms with Gasteiger partial charge in [-0.1, -0.05) is 13.0 Å². The number of ether oxygens (including phenoxy) is 2. The molecule has 1 saturated heterocycles. The predicted molar refractivity (Wildman–Crippen MR) is 86.4 cm³/mol. The lowest BCUT2D eigenvalue weighted by molar-refractivity contribution is -0.127. The first-order valence-corrected chi connectivity index (χ1v) is 7.77. The summed E-state index contributed by atoms with van der Waals surface area (Å²) in [5, 5.41) is 6.31. The van der Waals surface area contributed by atoms with Crippen molar-refractivity contribution in [3.8, 4) is 11.5 Å². The lowest BCUT2D eigenvalue weighted by Gasteiger charge is -2.32. The van der Waals surface area contributed by atoms with E-state index < -0.39 is 0 Å². The monoisotopic (exact) mass is 306 g/mol. The minimum atomic E-state index is 0.0640. The Labute approximate surface area is 132 Å². The van der Waals surface area contributed by atoms with Crippen LogP contribution in [0.5, 0.6) is 11.5 Å². The topological polar surface area (TPSA) is 59.6 Å². The predicted octanol–water partition coefficient (Wildman–Crippen LogP) is 1.61. The zero-order chi connectivity index (χ0) is 16.1. The lowest BCUT2D eigenvalue weighted by Crippen LogP contribution is -2.50. The van der Waals surface area contributed by atoms with Crippen molar-refractivity contribution in [2.24, 2.45) is 11.8 Å². The van der Waals surface area contributed by atoms with E-state index in [0.29, 0.717) is 17.4 Å². The molecule has 0 aliphatic carbocycles. The third kappa shape index (κ3) is 3.91. The maximum absolute atomic E-state index is 12.2. The van der Waals surface area contributed by atoms with Crippen LogP contribution in [0.1, 0.15) is 19.4 Å². The van der Waals surface area contributed by atoms with Gasteiger partial charge >= 0.3 is 0 Å². The second-order valence-corrected chi connectivity index (χ2v) is 6.01. The third-order valence-corrected chi connectivity index (χ3v) is 4.31. The van der Waals surface area contributed by atoms with Gasteiger partial charge in [0.1, 0.15) is 0 Å². The first-order valence-electron chi connectivity index (χ1n) is 7.77. The van der Waals surface area contributed by atoms with Gasteiger partial charge in [-0.3, -0.25) is 4.79 Å². The van der Waals surface area contributed by atoms with Gasteiger partial charge in [-0.15, -0.1) is 0 Å². The van der Waals surface area contributed by atoms with Crippen molar-refractivity contribution in [3.05, 3.63) is 23.8 Å². The zero-order valence-electron chi connectivity index (χ0n) is 13.8. The molecule has 22 heavy (non-hydrogen) atoms. The molecule has 1 aliphatic heterocycles. The number of nitrogens with one attached hydrogen (secondary N) is 2. The van der Waals surface area contributed by atoms with Crippen molar-refractivity contribution >= 4 is 5.91 Å². The molecule has 1 amide bonds. The second-order valence-electron chi connectivity index (χ2n) is 6.01. The molecule has 0 bridgehead atoms. The van der Waals surface area contributed by atoms with Gasteiger partial charge in [0.15, 0.2) is 11.5 Å². The number of hydrogen-bond acceptors (Lipinski definition) is 4. The van der Waals surface area contributed by atoms with Crippen molar-refractivity contribution in [2.45, 2.75) is 26.3 Å². The summed E-state index contributed by atoms with van der Waals surface area (Å²) in [5.41, 5.74) is 1.11. The summed E-state index contributed by atoms with van der Waals surface area (Å²) in [5.74, 6) is 2.10. The maximum atomic E-state index is 12.2. The molecule has 122 valence electrons. The fourth-order valence-corrected chi connectivity index (χ4v) is 2.67. The molecule has 1 aromatic rings. The van der Waals surface area contributed by atoms with Gasteiger partial charge in [0, 0.05) is 12.0 Å². The Hall–Kier alpha value is -1.75. The molecule has 2 atom stereocenters. The first-order chi connectivity index (χ1) is 10.5. The molecule has 2 rings (SSSR count). The van der Waals surface area contributed by atoms with Crippen LogP contribution in [-0.2, 0) is 11.2 Å². The van der Waals surface area contributed by atoms with Crippen LogP contribution in [0.15, 0.2) is 18.2 Å². The van der Waals surface area contributed by atoms with E-state index in [1.807, 2.05) is 32.0 Å². The van der Waals surface area contributed by atoms with Crippen molar-refractivity contribution in [1.82, 2.24) is 10.6 Å². The number of carbonyl (C=O) groups excluding carboxylic acids is 1. The molecule has 1 heterocycles. The summed E-state index contributed by atoms with van der Waals surface area (Å²) >= 11 is 0. The Balaban J connectivity index is 1.90. The molecule has 5 heteroatoms. The van der Waals surface area contributed by atoms with E-state index >= 15 is 0 Å². The average molecular weight is 306 g/mol. The van der Waals surface area contributed by atoms with Crippen LogP contribution in [-0.4, -0.2) is 39.3 Å². The van der Waals surface area contributed by atoms with E-state index in [9.17, 15) is 4.79 Å². The molecule has 1 aliphatic rings. The summed E-state index contributed by atoms with van der Waals surface area (Å²) in [6.07, 6.45) is 0.766. The number of amides is 1. The quantitative estimate of drug-likeness (QED) is 0.803. The molecule has 2 N–H and O–H groups in total. The molecule has 0 radical (unpaired) electrons. The summed E-state index contributed by atoms with van der Waals surface area (Å²) in [4.78, 5) is 12.2. The van der Waals surface area contributed by atoms with Gasteiger partial charge in [-0.05, 0) is 50.0 Å². The van der Waals surface area contributed by atoms with Gasteiger partial charge < -0.3 is 20.1 Å². The summed E-state index contributed by atoms with van der Waals surface area (Å²) in [7, 11) is 3.25. The Morgan fingerprint density at radius 1 is 1.27 bits per heavy atom. The van der Waals surface area contributed by atoms with Crippen LogP contribution < -0.4 is 20.1 Å². The summed E-state index contributed by atoms with van der Waals surface area (Å²) in [6, 6.07) is 5.94. The SMILES string of the molecule is COc1ccc(CC(C)NC(=O)C(C)C2CNC2)cc1OC. The van der Waals surface area contributed by atoms with Crippen molar-refractivity contribution < 1.29 is 14.3 Å². The highest BCUT2D eigenvalue weighted by Crippen LogP contribution is 2.28. The molecule has 1 fully saturated rings. The summed E-state index contributed by atoms with van der Waals surface area (Å²) < 4.78 is 10.5. The van der Waals surface area contributed by atoms with Crippen molar-refractivity contribution in [2.75, 3.05) is 27.3 Å². The fourth-order valence-electron chi connectivity index (χ4n) is 2.67. The number of benzene rings is 1. The zero-order valence-corrected chi connectivity index (χ0v) is 13.8. The highest BCUT2D eigenvalue weighted by molar-refractivity contribution is 5.79. The molecule has 0 saturated carbocycles. The number of methoxy groups -OCH3 is 2. The van der Waals surface area contributed by atoms with Gasteiger partial charge in [-0.2, -0.15) is 0 Å². The molecular formula is C17H26N2O3. The molecular weight excluding hydrogens is 280 g/mol. The summed E-state index contributed by atoms with van der Waals surface area (Å²) in [6.45, 7) is 5.92. The van der Waals surface area contributed by atoms with Crippen molar-refractivity contribution in [3.63, 3.8) is 0 Å². The second kappa shape index (κ2) is 7.49. The van der Waals surface area contributed by atoms with E-state index in [0.717, 1.165) is 25.1 Å². The smallest absolute Gasteiger partial charge is 0.223 e. The Bertz CT molecular complexity index is 515. The Morgan fingerprint density at radius 2 is 1.95 bits per heavy atom. The fraction of sp³-hybridized carbons (Fsp3) is 0.588. The first kappa shape index (κ1) is 16.6. The maximum Gasteiger partial charge on any atom is 0.223 e. The highest BCUT2D eigenvalue weighted by Gasteiger charge is 2.29. The van der Waals surface area contributed by atoms with E-state index in [2.05, 4.69) is 10.6 Å². The van der Waals surface area contributed by atoms with Gasteiger partial charge in [-0.25, -0.2) is 0 Å². The number of rotatable bonds is 7. The van der Waals surface area contributed by atoms with Crippen LogP contribution in [0.2, 0.25) is 0 Å². The lowest BCUT2D eigenvalue weighted by atomic mass is 9.88. The third-order valence-electron chi connectivity index (χ3n) is 4.31. The standard InChI is InChI=1S/C17H26N2O3/c1-11(19-17(20)12(2)14-9-18-10-14)7-13-5-6-15(21-3)16(8-13)22-4/h5-6,8,11-12,14,18H,7,9-10H2,1-4H3,(H,19,20). The van der Waals surface area contributed by atoms with E-state index in [1.54, 1.807) is 14.2 Å². The van der Waals surface area contributed by atoms with Crippen LogP contribution in [0.25, 0.3) is 0 Å². The van der Waals surface area contributed by atoms with Crippen LogP contribution in [0.4, 0.5) is 0 Å². The highest BCUT2D eigenvalue weighted by atomic mass is 16.5. The minimum absolute atomic E-state index is 0.0640. The molecule has 5 nitrogen and oxygen atoms in total. The Morgan fingerprint density at radius 3 is 2.50 bits per heavy atom. The van der Waals surface area contributed by atoms with Crippen LogP contribution >= 0.6 is 0 Å². The van der Waals surface area contributed by atoms with Crippen LogP contribution in [0.3, 0.4) is 0 Å². The van der Waals surface area contributed by atoms with E-state index in [-0.39, 0.29) is 17.9 Å². The average Bonchev–Trinajstić information content (AvgIpc) is 2.44.